The van der Waals surface area contributed by atoms with Crippen LogP contribution in [0.15, 0.2) is 30.5 Å². The Morgan fingerprint density at radius 3 is 2.60 bits per heavy atom. The summed E-state index contributed by atoms with van der Waals surface area (Å²) in [6.45, 7) is 6.61. The topological polar surface area (TPSA) is 66.9 Å². The van der Waals surface area contributed by atoms with Gasteiger partial charge in [-0.3, -0.25) is 9.78 Å². The maximum atomic E-state index is 11.9. The van der Waals surface area contributed by atoms with Gasteiger partial charge in [-0.05, 0) is 25.0 Å². The Labute approximate surface area is 118 Å². The molecule has 0 aliphatic carbocycles. The number of hydrogen-bond donors (Lipinski definition) is 2. The fourth-order valence-electron chi connectivity index (χ4n) is 1.77. The van der Waals surface area contributed by atoms with E-state index in [1.807, 2.05) is 31.2 Å². The molecule has 2 N–H and O–H groups in total. The van der Waals surface area contributed by atoms with E-state index in [2.05, 4.69) is 34.4 Å². The highest BCUT2D eigenvalue weighted by Gasteiger charge is 2.13. The lowest BCUT2D eigenvalue weighted by atomic mass is 10.2. The molecule has 1 heterocycles. The highest BCUT2D eigenvalue weighted by molar-refractivity contribution is 5.84. The Bertz CT molecular complexity index is 597. The Hall–Kier alpha value is -2.17. The maximum Gasteiger partial charge on any atom is 0.242 e. The molecule has 5 heteroatoms. The van der Waals surface area contributed by atoms with Crippen molar-refractivity contribution < 1.29 is 4.79 Å². The highest BCUT2D eigenvalue weighted by Crippen LogP contribution is 2.11. The van der Waals surface area contributed by atoms with Crippen LogP contribution < -0.4 is 10.6 Å². The minimum atomic E-state index is -0.343. The maximum absolute atomic E-state index is 11.9. The minimum absolute atomic E-state index is 0.0336. The van der Waals surface area contributed by atoms with Crippen molar-refractivity contribution in [3.63, 3.8) is 0 Å². The van der Waals surface area contributed by atoms with Gasteiger partial charge >= 0.3 is 0 Å². The van der Waals surface area contributed by atoms with Gasteiger partial charge in [-0.1, -0.05) is 26.0 Å². The van der Waals surface area contributed by atoms with Gasteiger partial charge in [-0.2, -0.15) is 0 Å². The third kappa shape index (κ3) is 3.66. The van der Waals surface area contributed by atoms with Gasteiger partial charge in [0, 0.05) is 6.54 Å². The zero-order valence-corrected chi connectivity index (χ0v) is 12.1. The molecule has 1 aromatic carbocycles. The SMILES string of the molecule is CC(C)CNC(=O)C(C)Nc1cnc2ccccc2n1. The summed E-state index contributed by atoms with van der Waals surface area (Å²) < 4.78 is 0. The number of nitrogens with zero attached hydrogens (tertiary/aromatic N) is 2. The van der Waals surface area contributed by atoms with Crippen LogP contribution >= 0.6 is 0 Å². The first-order valence-electron chi connectivity index (χ1n) is 6.82. The molecule has 5 nitrogen and oxygen atoms in total. The van der Waals surface area contributed by atoms with E-state index in [1.165, 1.54) is 0 Å². The van der Waals surface area contributed by atoms with Gasteiger partial charge in [0.2, 0.25) is 5.91 Å². The number of fused-ring (bicyclic) bond motifs is 1. The normalized spacial score (nSPS) is 12.4. The van der Waals surface area contributed by atoms with Crippen LogP contribution in [0.2, 0.25) is 0 Å². The van der Waals surface area contributed by atoms with E-state index in [0.717, 1.165) is 11.0 Å². The Morgan fingerprint density at radius 1 is 1.20 bits per heavy atom. The Morgan fingerprint density at radius 2 is 1.90 bits per heavy atom. The van der Waals surface area contributed by atoms with Crippen molar-refractivity contribution in [1.29, 1.82) is 0 Å². The van der Waals surface area contributed by atoms with Crippen LogP contribution in [0.3, 0.4) is 0 Å². The first kappa shape index (κ1) is 14.2. The number of carbonyl (C=O) groups excluding carboxylic acids is 1. The largest absolute Gasteiger partial charge is 0.357 e. The molecule has 0 saturated heterocycles. The molecular formula is C15H20N4O. The number of amides is 1. The molecule has 0 spiro atoms. The summed E-state index contributed by atoms with van der Waals surface area (Å²) in [5.41, 5.74) is 1.65. The molecule has 2 rings (SSSR count). The van der Waals surface area contributed by atoms with Crippen LogP contribution in [-0.2, 0) is 4.79 Å². The number of nitrogens with one attached hydrogen (secondary N) is 2. The smallest absolute Gasteiger partial charge is 0.242 e. The number of hydrogen-bond acceptors (Lipinski definition) is 4. The summed E-state index contributed by atoms with van der Waals surface area (Å²) >= 11 is 0. The van der Waals surface area contributed by atoms with Crippen LogP contribution in [0.1, 0.15) is 20.8 Å². The number of benzene rings is 1. The number of anilines is 1. The van der Waals surface area contributed by atoms with Crippen molar-refractivity contribution in [2.75, 3.05) is 11.9 Å². The van der Waals surface area contributed by atoms with Gasteiger partial charge in [-0.15, -0.1) is 0 Å². The summed E-state index contributed by atoms with van der Waals surface area (Å²) in [5, 5.41) is 5.96. The van der Waals surface area contributed by atoms with Crippen LogP contribution in [0.4, 0.5) is 5.82 Å². The quantitative estimate of drug-likeness (QED) is 0.875. The highest BCUT2D eigenvalue weighted by atomic mass is 16.2. The molecule has 2 aromatic rings. The van der Waals surface area contributed by atoms with E-state index in [4.69, 9.17) is 0 Å². The van der Waals surface area contributed by atoms with Gasteiger partial charge < -0.3 is 10.6 Å². The Kier molecular flexibility index (Phi) is 4.50. The first-order valence-corrected chi connectivity index (χ1v) is 6.82. The second-order valence-corrected chi connectivity index (χ2v) is 5.25. The third-order valence-electron chi connectivity index (χ3n) is 2.89. The lowest BCUT2D eigenvalue weighted by Crippen LogP contribution is -2.39. The summed E-state index contributed by atoms with van der Waals surface area (Å²) in [4.78, 5) is 20.6. The van der Waals surface area contributed by atoms with Gasteiger partial charge in [0.1, 0.15) is 11.9 Å². The molecule has 0 saturated carbocycles. The zero-order valence-electron chi connectivity index (χ0n) is 12.1. The molecule has 1 amide bonds. The van der Waals surface area contributed by atoms with Crippen LogP contribution in [-0.4, -0.2) is 28.5 Å². The predicted molar refractivity (Wildman–Crippen MR) is 80.5 cm³/mol. The van der Waals surface area contributed by atoms with Gasteiger partial charge in [0.15, 0.2) is 0 Å². The van der Waals surface area contributed by atoms with Gasteiger partial charge in [0.05, 0.1) is 17.2 Å². The lowest BCUT2D eigenvalue weighted by Gasteiger charge is -2.15. The van der Waals surface area contributed by atoms with E-state index in [9.17, 15) is 4.79 Å². The average molecular weight is 272 g/mol. The van der Waals surface area contributed by atoms with E-state index in [-0.39, 0.29) is 11.9 Å². The predicted octanol–water partition coefficient (Wildman–Crippen LogP) is 2.20. The molecule has 0 bridgehead atoms. The van der Waals surface area contributed by atoms with Crippen LogP contribution in [0, 0.1) is 5.92 Å². The monoisotopic (exact) mass is 272 g/mol. The number of aromatic nitrogens is 2. The van der Waals surface area contributed by atoms with Crippen LogP contribution in [0.25, 0.3) is 11.0 Å². The van der Waals surface area contributed by atoms with E-state index in [1.54, 1.807) is 6.20 Å². The molecule has 1 unspecified atom stereocenters. The van der Waals surface area contributed by atoms with Crippen molar-refractivity contribution in [1.82, 2.24) is 15.3 Å². The number of carbonyl (C=O) groups is 1. The minimum Gasteiger partial charge on any atom is -0.357 e. The molecule has 0 fully saturated rings. The first-order chi connectivity index (χ1) is 9.56. The van der Waals surface area contributed by atoms with Crippen molar-refractivity contribution in [3.8, 4) is 0 Å². The second-order valence-electron chi connectivity index (χ2n) is 5.25. The van der Waals surface area contributed by atoms with E-state index in [0.29, 0.717) is 18.3 Å². The van der Waals surface area contributed by atoms with Crippen molar-refractivity contribution >= 4 is 22.8 Å². The molecule has 0 aliphatic heterocycles. The summed E-state index contributed by atoms with van der Waals surface area (Å²) in [5.74, 6) is 1.01. The summed E-state index contributed by atoms with van der Waals surface area (Å²) in [6.07, 6.45) is 1.65. The fourth-order valence-corrected chi connectivity index (χ4v) is 1.77. The number of para-hydroxylation sites is 2. The fraction of sp³-hybridized carbons (Fsp3) is 0.400. The molecule has 0 aliphatic rings. The van der Waals surface area contributed by atoms with Gasteiger partial charge in [0.25, 0.3) is 0 Å². The van der Waals surface area contributed by atoms with Crippen molar-refractivity contribution in [2.24, 2.45) is 5.92 Å². The van der Waals surface area contributed by atoms with Crippen molar-refractivity contribution in [3.05, 3.63) is 30.5 Å². The third-order valence-corrected chi connectivity index (χ3v) is 2.89. The molecule has 1 aromatic heterocycles. The Balaban J connectivity index is 2.02. The van der Waals surface area contributed by atoms with E-state index < -0.39 is 0 Å². The number of rotatable bonds is 5. The molecule has 0 radical (unpaired) electrons. The van der Waals surface area contributed by atoms with Gasteiger partial charge in [-0.25, -0.2) is 4.98 Å². The molecule has 20 heavy (non-hydrogen) atoms. The molecule has 106 valence electrons. The summed E-state index contributed by atoms with van der Waals surface area (Å²) in [7, 11) is 0. The molecular weight excluding hydrogens is 252 g/mol. The lowest BCUT2D eigenvalue weighted by molar-refractivity contribution is -0.121. The second kappa shape index (κ2) is 6.32. The summed E-state index contributed by atoms with van der Waals surface area (Å²) in [6, 6.07) is 7.30. The van der Waals surface area contributed by atoms with Crippen LogP contribution in [0.5, 0.6) is 0 Å². The standard InChI is InChI=1S/C15H20N4O/c1-10(2)8-17-15(20)11(3)18-14-9-16-12-6-4-5-7-13(12)19-14/h4-7,9-11H,8H2,1-3H3,(H,17,20)(H,18,19). The average Bonchev–Trinajstić information content (AvgIpc) is 2.44. The zero-order chi connectivity index (χ0) is 14.5. The molecule has 1 atom stereocenters. The van der Waals surface area contributed by atoms with E-state index >= 15 is 0 Å². The van der Waals surface area contributed by atoms with Crippen molar-refractivity contribution in [2.45, 2.75) is 26.8 Å².